The fourth-order valence-corrected chi connectivity index (χ4v) is 1.33. The van der Waals surface area contributed by atoms with Gasteiger partial charge in [-0.15, -0.1) is 0 Å². The monoisotopic (exact) mass is 191 g/mol. The van der Waals surface area contributed by atoms with Crippen LogP contribution < -0.4 is 5.73 Å². The van der Waals surface area contributed by atoms with Crippen molar-refractivity contribution in [2.75, 3.05) is 5.73 Å². The fourth-order valence-electron chi connectivity index (χ4n) is 1.33. The molecular weight excluding hydrogens is 181 g/mol. The average Bonchev–Trinajstić information content (AvgIpc) is 2.57. The maximum absolute atomic E-state index is 13.5. The van der Waals surface area contributed by atoms with Crippen LogP contribution in [0.2, 0.25) is 0 Å². The van der Waals surface area contributed by atoms with Crippen LogP contribution >= 0.6 is 0 Å². The van der Waals surface area contributed by atoms with Gasteiger partial charge in [0.15, 0.2) is 5.82 Å². The largest absolute Gasteiger partial charge is 0.396 e. The minimum Gasteiger partial charge on any atom is -0.396 e. The average molecular weight is 191 g/mol. The molecule has 1 aromatic heterocycles. The topological polar surface area (TPSA) is 43.8 Å². The van der Waals surface area contributed by atoms with Crippen molar-refractivity contribution in [2.45, 2.75) is 0 Å². The van der Waals surface area contributed by atoms with Crippen molar-refractivity contribution in [3.05, 3.63) is 36.4 Å². The third-order valence-electron chi connectivity index (χ3n) is 2.04. The Morgan fingerprint density at radius 2 is 2.21 bits per heavy atom. The number of halogens is 1. The molecular formula is C10H10FN3. The van der Waals surface area contributed by atoms with Gasteiger partial charge in [0.25, 0.3) is 0 Å². The summed E-state index contributed by atoms with van der Waals surface area (Å²) in [4.78, 5) is 0. The Kier molecular flexibility index (Phi) is 1.96. The molecule has 1 aromatic carbocycles. The lowest BCUT2D eigenvalue weighted by atomic mass is 10.1. The number of aryl methyl sites for hydroxylation is 1. The number of rotatable bonds is 1. The number of anilines is 1. The molecule has 72 valence electrons. The molecule has 0 spiro atoms. The van der Waals surface area contributed by atoms with Crippen LogP contribution in [0.1, 0.15) is 0 Å². The van der Waals surface area contributed by atoms with Crippen LogP contribution in [0.3, 0.4) is 0 Å². The molecule has 0 aliphatic carbocycles. The zero-order valence-corrected chi connectivity index (χ0v) is 7.74. The minimum atomic E-state index is -0.388. The first-order chi connectivity index (χ1) is 6.68. The van der Waals surface area contributed by atoms with E-state index >= 15 is 0 Å². The molecule has 14 heavy (non-hydrogen) atoms. The summed E-state index contributed by atoms with van der Waals surface area (Å²) in [6.07, 6.45) is 3.36. The van der Waals surface area contributed by atoms with E-state index in [2.05, 4.69) is 5.10 Å². The van der Waals surface area contributed by atoms with Crippen molar-refractivity contribution >= 4 is 5.69 Å². The molecule has 0 saturated carbocycles. The molecule has 0 aliphatic rings. The summed E-state index contributed by atoms with van der Waals surface area (Å²) in [5.74, 6) is -0.388. The highest BCUT2D eigenvalue weighted by Crippen LogP contribution is 2.25. The number of nitrogen functional groups attached to an aromatic ring is 1. The van der Waals surface area contributed by atoms with Crippen molar-refractivity contribution in [3.8, 4) is 11.1 Å². The third-order valence-corrected chi connectivity index (χ3v) is 2.04. The summed E-state index contributed by atoms with van der Waals surface area (Å²) in [6.45, 7) is 0. The molecule has 0 unspecified atom stereocenters. The lowest BCUT2D eigenvalue weighted by Gasteiger charge is -2.01. The highest BCUT2D eigenvalue weighted by Gasteiger charge is 2.08. The van der Waals surface area contributed by atoms with Crippen molar-refractivity contribution < 1.29 is 4.39 Å². The van der Waals surface area contributed by atoms with Gasteiger partial charge in [0.1, 0.15) is 0 Å². The van der Waals surface area contributed by atoms with Gasteiger partial charge in [-0.3, -0.25) is 4.68 Å². The smallest absolute Gasteiger partial charge is 0.153 e. The second-order valence-corrected chi connectivity index (χ2v) is 3.11. The molecule has 2 N–H and O–H groups in total. The molecule has 0 amide bonds. The van der Waals surface area contributed by atoms with Gasteiger partial charge in [-0.1, -0.05) is 12.1 Å². The zero-order chi connectivity index (χ0) is 10.1. The van der Waals surface area contributed by atoms with Crippen molar-refractivity contribution in [3.63, 3.8) is 0 Å². The zero-order valence-electron chi connectivity index (χ0n) is 7.74. The second kappa shape index (κ2) is 3.14. The lowest BCUT2D eigenvalue weighted by Crippen LogP contribution is -1.92. The van der Waals surface area contributed by atoms with E-state index < -0.39 is 0 Å². The van der Waals surface area contributed by atoms with Crippen LogP contribution in [-0.4, -0.2) is 9.78 Å². The predicted molar refractivity (Wildman–Crippen MR) is 53.0 cm³/mol. The van der Waals surface area contributed by atoms with Crippen molar-refractivity contribution in [1.82, 2.24) is 9.78 Å². The van der Waals surface area contributed by atoms with Crippen LogP contribution in [0.15, 0.2) is 30.6 Å². The van der Waals surface area contributed by atoms with E-state index in [4.69, 9.17) is 5.73 Å². The molecule has 2 aromatic rings. The molecule has 2 rings (SSSR count). The Morgan fingerprint density at radius 1 is 1.43 bits per heavy atom. The molecule has 0 saturated heterocycles. The first-order valence-electron chi connectivity index (χ1n) is 4.21. The lowest BCUT2D eigenvalue weighted by molar-refractivity contribution is 0.636. The normalized spacial score (nSPS) is 10.4. The molecule has 3 nitrogen and oxygen atoms in total. The van der Waals surface area contributed by atoms with Gasteiger partial charge in [-0.05, 0) is 6.07 Å². The standard InChI is InChI=1S/C10H10FN3/c1-14-6-7(5-13-14)8-3-2-4-9(12)10(8)11/h2-6H,12H2,1H3. The fraction of sp³-hybridized carbons (Fsp3) is 0.100. The van der Waals surface area contributed by atoms with Gasteiger partial charge in [0.2, 0.25) is 0 Å². The van der Waals surface area contributed by atoms with Crippen LogP contribution in [-0.2, 0) is 7.05 Å². The van der Waals surface area contributed by atoms with Gasteiger partial charge in [0.05, 0.1) is 11.9 Å². The highest BCUT2D eigenvalue weighted by atomic mass is 19.1. The first kappa shape index (κ1) is 8.74. The van der Waals surface area contributed by atoms with Crippen LogP contribution in [0.25, 0.3) is 11.1 Å². The quantitative estimate of drug-likeness (QED) is 0.698. The predicted octanol–water partition coefficient (Wildman–Crippen LogP) is 1.81. The van der Waals surface area contributed by atoms with Gasteiger partial charge >= 0.3 is 0 Å². The van der Waals surface area contributed by atoms with E-state index in [0.29, 0.717) is 5.56 Å². The molecule has 0 atom stereocenters. The molecule has 4 heteroatoms. The third kappa shape index (κ3) is 1.35. The second-order valence-electron chi connectivity index (χ2n) is 3.11. The van der Waals surface area contributed by atoms with Gasteiger partial charge in [-0.2, -0.15) is 5.10 Å². The summed E-state index contributed by atoms with van der Waals surface area (Å²) >= 11 is 0. The van der Waals surface area contributed by atoms with Gasteiger partial charge in [-0.25, -0.2) is 4.39 Å². The van der Waals surface area contributed by atoms with Gasteiger partial charge in [0, 0.05) is 24.4 Å². The minimum absolute atomic E-state index is 0.159. The van der Waals surface area contributed by atoms with E-state index in [9.17, 15) is 4.39 Å². The molecule has 0 aliphatic heterocycles. The van der Waals surface area contributed by atoms with E-state index in [1.165, 1.54) is 6.07 Å². The Morgan fingerprint density at radius 3 is 2.86 bits per heavy atom. The number of nitrogens with two attached hydrogens (primary N) is 1. The number of benzene rings is 1. The van der Waals surface area contributed by atoms with Gasteiger partial charge < -0.3 is 5.73 Å². The number of aromatic nitrogens is 2. The Hall–Kier alpha value is -1.84. The highest BCUT2D eigenvalue weighted by molar-refractivity contribution is 5.67. The number of hydrogen-bond acceptors (Lipinski definition) is 2. The summed E-state index contributed by atoms with van der Waals surface area (Å²) in [7, 11) is 1.79. The Bertz CT molecular complexity index is 462. The first-order valence-corrected chi connectivity index (χ1v) is 4.21. The van der Waals surface area contributed by atoms with E-state index in [0.717, 1.165) is 5.56 Å². The molecule has 1 heterocycles. The van der Waals surface area contributed by atoms with E-state index in [1.807, 2.05) is 0 Å². The van der Waals surface area contributed by atoms with Crippen LogP contribution in [0.4, 0.5) is 10.1 Å². The Labute approximate surface area is 81.0 Å². The van der Waals surface area contributed by atoms with Crippen molar-refractivity contribution in [2.24, 2.45) is 7.05 Å². The number of nitrogens with zero attached hydrogens (tertiary/aromatic N) is 2. The molecule has 0 radical (unpaired) electrons. The molecule has 0 fully saturated rings. The summed E-state index contributed by atoms with van der Waals surface area (Å²) in [5, 5.41) is 3.97. The summed E-state index contributed by atoms with van der Waals surface area (Å²) in [6, 6.07) is 4.94. The maximum Gasteiger partial charge on any atom is 0.153 e. The van der Waals surface area contributed by atoms with Crippen LogP contribution in [0, 0.1) is 5.82 Å². The van der Waals surface area contributed by atoms with Crippen LogP contribution in [0.5, 0.6) is 0 Å². The maximum atomic E-state index is 13.5. The van der Waals surface area contributed by atoms with Crippen molar-refractivity contribution in [1.29, 1.82) is 0 Å². The molecule has 0 bridgehead atoms. The Balaban J connectivity index is 2.57. The SMILES string of the molecule is Cn1cc(-c2cccc(N)c2F)cn1. The number of hydrogen-bond donors (Lipinski definition) is 1. The van der Waals surface area contributed by atoms with E-state index in [1.54, 1.807) is 36.3 Å². The summed E-state index contributed by atoms with van der Waals surface area (Å²) < 4.78 is 15.2. The summed E-state index contributed by atoms with van der Waals surface area (Å²) in [5.41, 5.74) is 6.84. The van der Waals surface area contributed by atoms with E-state index in [-0.39, 0.29) is 11.5 Å².